The molecule has 2 aromatic heterocycles. The number of rotatable bonds is 5. The molecule has 0 saturated carbocycles. The average molecular weight is 456 g/mol. The summed E-state index contributed by atoms with van der Waals surface area (Å²) in [5.41, 5.74) is 1.14. The molecule has 2 aliphatic rings. The highest BCUT2D eigenvalue weighted by Crippen LogP contribution is 2.36. The second-order valence-electron chi connectivity index (χ2n) is 8.27. The van der Waals surface area contributed by atoms with Crippen LogP contribution in [0.1, 0.15) is 12.8 Å². The van der Waals surface area contributed by atoms with Gasteiger partial charge in [-0.1, -0.05) is 12.1 Å². The number of carbonyl (C=O) groups is 1. The zero-order valence-corrected chi connectivity index (χ0v) is 18.3. The van der Waals surface area contributed by atoms with E-state index in [1.54, 1.807) is 24.5 Å². The molecule has 3 aromatic rings. The predicted molar refractivity (Wildman–Crippen MR) is 121 cm³/mol. The van der Waals surface area contributed by atoms with Gasteiger partial charge in [-0.2, -0.15) is 0 Å². The van der Waals surface area contributed by atoms with Crippen LogP contribution in [0, 0.1) is 5.92 Å². The zero-order valence-electron chi connectivity index (χ0n) is 17.4. The number of amides is 1. The molecule has 0 aliphatic carbocycles. The van der Waals surface area contributed by atoms with Crippen LogP contribution < -0.4 is 15.4 Å². The van der Waals surface area contributed by atoms with Crippen LogP contribution in [0.15, 0.2) is 47.8 Å². The monoisotopic (exact) mass is 455 g/mol. The summed E-state index contributed by atoms with van der Waals surface area (Å²) in [5, 5.41) is 9.22. The van der Waals surface area contributed by atoms with Gasteiger partial charge in [-0.15, -0.1) is 0 Å². The molecule has 1 aromatic carbocycles. The fourth-order valence-electron chi connectivity index (χ4n) is 4.86. The molecule has 0 radical (unpaired) electrons. The molecule has 168 valence electrons. The van der Waals surface area contributed by atoms with Crippen molar-refractivity contribution in [3.63, 3.8) is 0 Å². The molecule has 2 atom stereocenters. The molecule has 4 N–H and O–H groups in total. The quantitative estimate of drug-likeness (QED) is 0.525. The van der Waals surface area contributed by atoms with Gasteiger partial charge in [0.15, 0.2) is 0 Å². The van der Waals surface area contributed by atoms with Gasteiger partial charge in [-0.25, -0.2) is 23.5 Å². The molecular weight excluding hydrogens is 430 g/mol. The van der Waals surface area contributed by atoms with E-state index in [-0.39, 0.29) is 23.4 Å². The molecule has 4 heterocycles. The number of H-pyrrole nitrogens is 1. The Hall–Kier alpha value is -3.18. The van der Waals surface area contributed by atoms with Crippen molar-refractivity contribution >= 4 is 38.5 Å². The van der Waals surface area contributed by atoms with Crippen molar-refractivity contribution in [3.05, 3.63) is 42.9 Å². The third kappa shape index (κ3) is 3.78. The maximum Gasteiger partial charge on any atom is 0.241 e. The van der Waals surface area contributed by atoms with Crippen LogP contribution in [0.3, 0.4) is 0 Å². The van der Waals surface area contributed by atoms with E-state index in [0.717, 1.165) is 36.2 Å². The summed E-state index contributed by atoms with van der Waals surface area (Å²) in [6, 6.07) is 8.50. The maximum absolute atomic E-state index is 13.0. The lowest BCUT2D eigenvalue weighted by Crippen LogP contribution is -2.51. The highest BCUT2D eigenvalue weighted by Gasteiger charge is 2.40. The standard InChI is InChI=1S/C21H25N7O3S/c22-32(30,31)18-4-2-1-3-16(18)24-11-19(29)27-9-6-14-7-10-28(17(14)12-27)21-15-5-8-23-20(15)25-13-26-21/h1-5,8,13-14,17,24H,6-7,9-12H2,(H2,22,30,31)(H,23,25,26). The smallest absolute Gasteiger partial charge is 0.241 e. The van der Waals surface area contributed by atoms with E-state index in [9.17, 15) is 13.2 Å². The SMILES string of the molecule is NS(=O)(=O)c1ccccc1NCC(=O)N1CCC2CCN(c3ncnc4[nH]ccc34)C2C1. The number of nitrogens with one attached hydrogen (secondary N) is 2. The van der Waals surface area contributed by atoms with Crippen molar-refractivity contribution in [1.82, 2.24) is 19.9 Å². The van der Waals surface area contributed by atoms with Crippen molar-refractivity contribution in [2.24, 2.45) is 11.1 Å². The van der Waals surface area contributed by atoms with Gasteiger partial charge in [0.1, 0.15) is 22.7 Å². The second-order valence-corrected chi connectivity index (χ2v) is 9.80. The second kappa shape index (κ2) is 8.06. The van der Waals surface area contributed by atoms with E-state index >= 15 is 0 Å². The number of carbonyl (C=O) groups excluding carboxylic acids is 1. The molecule has 10 nitrogen and oxygen atoms in total. The Morgan fingerprint density at radius 2 is 2.00 bits per heavy atom. The van der Waals surface area contributed by atoms with Crippen molar-refractivity contribution in [2.45, 2.75) is 23.8 Å². The number of para-hydroxylation sites is 1. The number of benzene rings is 1. The van der Waals surface area contributed by atoms with Gasteiger partial charge in [-0.05, 0) is 37.0 Å². The lowest BCUT2D eigenvalue weighted by Gasteiger charge is -2.39. The van der Waals surface area contributed by atoms with Crippen LogP contribution in [0.25, 0.3) is 11.0 Å². The average Bonchev–Trinajstić information content (AvgIpc) is 3.43. The van der Waals surface area contributed by atoms with E-state index in [1.165, 1.54) is 6.07 Å². The molecule has 1 amide bonds. The minimum atomic E-state index is -3.88. The maximum atomic E-state index is 13.0. The van der Waals surface area contributed by atoms with Crippen LogP contribution >= 0.6 is 0 Å². The first-order chi connectivity index (χ1) is 15.4. The summed E-state index contributed by atoms with van der Waals surface area (Å²) in [6.07, 6.45) is 5.43. The number of aromatic amines is 1. The number of piperidine rings is 1. The molecule has 5 rings (SSSR count). The van der Waals surface area contributed by atoms with Crippen LogP contribution in [0.5, 0.6) is 0 Å². The molecule has 2 unspecified atom stereocenters. The Morgan fingerprint density at radius 1 is 1.19 bits per heavy atom. The number of aromatic nitrogens is 3. The zero-order chi connectivity index (χ0) is 22.3. The Morgan fingerprint density at radius 3 is 2.84 bits per heavy atom. The summed E-state index contributed by atoms with van der Waals surface area (Å²) in [4.78, 5) is 29.0. The Kier molecular flexibility index (Phi) is 5.22. The van der Waals surface area contributed by atoms with Gasteiger partial charge in [0.25, 0.3) is 0 Å². The topological polar surface area (TPSA) is 137 Å². The fraction of sp³-hybridized carbons (Fsp3) is 0.381. The number of fused-ring (bicyclic) bond motifs is 2. The first kappa shape index (κ1) is 20.7. The van der Waals surface area contributed by atoms with Crippen LogP contribution in [-0.4, -0.2) is 66.4 Å². The molecule has 11 heteroatoms. The number of hydrogen-bond donors (Lipinski definition) is 3. The number of likely N-dealkylation sites (tertiary alicyclic amines) is 1. The highest BCUT2D eigenvalue weighted by molar-refractivity contribution is 7.89. The summed E-state index contributed by atoms with van der Waals surface area (Å²) < 4.78 is 23.6. The minimum absolute atomic E-state index is 0.000513. The van der Waals surface area contributed by atoms with Crippen molar-refractivity contribution in [2.75, 3.05) is 36.4 Å². The minimum Gasteiger partial charge on any atom is -0.375 e. The molecule has 32 heavy (non-hydrogen) atoms. The summed E-state index contributed by atoms with van der Waals surface area (Å²) in [5.74, 6) is 1.34. The van der Waals surface area contributed by atoms with Gasteiger partial charge < -0.3 is 20.1 Å². The van der Waals surface area contributed by atoms with Crippen LogP contribution in [-0.2, 0) is 14.8 Å². The van der Waals surface area contributed by atoms with E-state index in [0.29, 0.717) is 24.7 Å². The van der Waals surface area contributed by atoms with E-state index in [4.69, 9.17) is 5.14 Å². The van der Waals surface area contributed by atoms with E-state index in [1.807, 2.05) is 17.2 Å². The van der Waals surface area contributed by atoms with Gasteiger partial charge >= 0.3 is 0 Å². The van der Waals surface area contributed by atoms with Gasteiger partial charge in [0, 0.05) is 25.8 Å². The number of nitrogens with zero attached hydrogens (tertiary/aromatic N) is 4. The first-order valence-corrected chi connectivity index (χ1v) is 12.1. The fourth-order valence-corrected chi connectivity index (χ4v) is 5.58. The first-order valence-electron chi connectivity index (χ1n) is 10.6. The summed E-state index contributed by atoms with van der Waals surface area (Å²) in [6.45, 7) is 2.20. The third-order valence-corrected chi connectivity index (χ3v) is 7.41. The van der Waals surface area contributed by atoms with E-state index < -0.39 is 10.0 Å². The number of primary sulfonamides is 1. The molecular formula is C21H25N7O3S. The normalized spacial score (nSPS) is 21.0. The molecule has 2 fully saturated rings. The van der Waals surface area contributed by atoms with Gasteiger partial charge in [-0.3, -0.25) is 4.79 Å². The number of anilines is 2. The van der Waals surface area contributed by atoms with Gasteiger partial charge in [0.2, 0.25) is 15.9 Å². The van der Waals surface area contributed by atoms with Crippen molar-refractivity contribution < 1.29 is 13.2 Å². The highest BCUT2D eigenvalue weighted by atomic mass is 32.2. The Labute approximate surface area is 185 Å². The Bertz CT molecular complexity index is 1260. The summed E-state index contributed by atoms with van der Waals surface area (Å²) in [7, 11) is -3.88. The molecule has 0 spiro atoms. The molecule has 2 saturated heterocycles. The van der Waals surface area contributed by atoms with E-state index in [2.05, 4.69) is 25.2 Å². The number of nitrogens with two attached hydrogens (primary N) is 1. The largest absolute Gasteiger partial charge is 0.375 e. The molecule has 2 aliphatic heterocycles. The molecule has 0 bridgehead atoms. The van der Waals surface area contributed by atoms with Crippen LogP contribution in [0.2, 0.25) is 0 Å². The third-order valence-electron chi connectivity index (χ3n) is 6.44. The predicted octanol–water partition coefficient (Wildman–Crippen LogP) is 1.14. The van der Waals surface area contributed by atoms with Crippen molar-refractivity contribution in [1.29, 1.82) is 0 Å². The Balaban J connectivity index is 1.30. The lowest BCUT2D eigenvalue weighted by molar-refractivity contribution is -0.130. The van der Waals surface area contributed by atoms with Crippen molar-refractivity contribution in [3.8, 4) is 0 Å². The number of sulfonamides is 1. The van der Waals surface area contributed by atoms with Gasteiger partial charge in [0.05, 0.1) is 23.7 Å². The van der Waals surface area contributed by atoms with Crippen LogP contribution in [0.4, 0.5) is 11.5 Å². The lowest BCUT2D eigenvalue weighted by atomic mass is 9.92. The summed E-state index contributed by atoms with van der Waals surface area (Å²) >= 11 is 0. The number of hydrogen-bond acceptors (Lipinski definition) is 7.